The van der Waals surface area contributed by atoms with Crippen molar-refractivity contribution >= 4 is 21.8 Å². The summed E-state index contributed by atoms with van der Waals surface area (Å²) in [6, 6.07) is 60.6. The second-order valence-electron chi connectivity index (χ2n) is 15.4. The molecule has 8 aromatic carbocycles. The predicted octanol–water partition coefficient (Wildman–Crippen LogP) is 14.6. The lowest BCUT2D eigenvalue weighted by molar-refractivity contribution is -0.137. The Kier molecular flexibility index (Phi) is 9.37. The number of nitrogens with zero attached hydrogens (tertiary/aromatic N) is 4. The largest absolute Gasteiger partial charge is 0.416 e. The molecule has 0 radical (unpaired) electrons. The summed E-state index contributed by atoms with van der Waals surface area (Å²) >= 11 is 0. The van der Waals surface area contributed by atoms with Crippen molar-refractivity contribution < 1.29 is 13.2 Å². The third-order valence-electron chi connectivity index (χ3n) is 11.2. The molecule has 0 N–H and O–H groups in total. The van der Waals surface area contributed by atoms with Crippen molar-refractivity contribution in [2.75, 3.05) is 0 Å². The first-order valence-corrected chi connectivity index (χ1v) is 20.1. The minimum atomic E-state index is -4.54. The van der Waals surface area contributed by atoms with Gasteiger partial charge in [0.15, 0.2) is 17.5 Å². The summed E-state index contributed by atoms with van der Waals surface area (Å²) in [4.78, 5) is 14.8. The van der Waals surface area contributed by atoms with Gasteiger partial charge in [-0.15, -0.1) is 0 Å². The van der Waals surface area contributed by atoms with Crippen molar-refractivity contribution in [3.05, 3.63) is 205 Å². The minimum absolute atomic E-state index is 0.347. The second kappa shape index (κ2) is 15.2. The van der Waals surface area contributed by atoms with Gasteiger partial charge < -0.3 is 4.57 Å². The van der Waals surface area contributed by atoms with E-state index >= 15 is 0 Å². The van der Waals surface area contributed by atoms with Crippen molar-refractivity contribution in [1.29, 1.82) is 0 Å². The average molecular weight is 799 g/mol. The Hall–Kier alpha value is -7.64. The number of fused-ring (bicyclic) bond motifs is 3. The van der Waals surface area contributed by atoms with E-state index in [9.17, 15) is 13.2 Å². The molecular weight excluding hydrogens is 762 g/mol. The zero-order chi connectivity index (χ0) is 41.7. The quantitative estimate of drug-likeness (QED) is 0.161. The zero-order valence-electron chi connectivity index (χ0n) is 33.3. The molecule has 0 fully saturated rings. The van der Waals surface area contributed by atoms with Crippen LogP contribution in [0.1, 0.15) is 16.7 Å². The van der Waals surface area contributed by atoms with Crippen LogP contribution in [0.3, 0.4) is 0 Å². The highest BCUT2D eigenvalue weighted by Gasteiger charge is 2.31. The predicted molar refractivity (Wildman–Crippen MR) is 241 cm³/mol. The average Bonchev–Trinajstić information content (AvgIpc) is 3.62. The van der Waals surface area contributed by atoms with Crippen LogP contribution >= 0.6 is 0 Å². The zero-order valence-corrected chi connectivity index (χ0v) is 33.3. The molecule has 0 aliphatic heterocycles. The van der Waals surface area contributed by atoms with E-state index in [-0.39, 0.29) is 0 Å². The first-order valence-electron chi connectivity index (χ1n) is 20.1. The Labute approximate surface area is 351 Å². The molecule has 0 aliphatic rings. The number of benzene rings is 8. The second-order valence-corrected chi connectivity index (χ2v) is 15.4. The summed E-state index contributed by atoms with van der Waals surface area (Å²) in [5, 5.41) is 2.12. The normalized spacial score (nSPS) is 11.7. The molecule has 0 saturated carbocycles. The Morgan fingerprint density at radius 1 is 0.377 bits per heavy atom. The molecule has 2 aromatic heterocycles. The summed E-state index contributed by atoms with van der Waals surface area (Å²) in [5.41, 5.74) is 11.8. The van der Waals surface area contributed by atoms with Crippen LogP contribution in [0.4, 0.5) is 13.2 Å². The number of rotatable bonds is 7. The molecule has 0 atom stereocenters. The maximum Gasteiger partial charge on any atom is 0.416 e. The van der Waals surface area contributed by atoms with Crippen molar-refractivity contribution in [2.24, 2.45) is 0 Å². The van der Waals surface area contributed by atoms with E-state index < -0.39 is 11.7 Å². The highest BCUT2D eigenvalue weighted by molar-refractivity contribution is 6.12. The maximum absolute atomic E-state index is 14.4. The molecule has 0 amide bonds. The van der Waals surface area contributed by atoms with Crippen LogP contribution < -0.4 is 0 Å². The van der Waals surface area contributed by atoms with Gasteiger partial charge >= 0.3 is 6.18 Å². The van der Waals surface area contributed by atoms with Gasteiger partial charge in [0.05, 0.1) is 16.6 Å². The number of halogens is 3. The highest BCUT2D eigenvalue weighted by atomic mass is 19.4. The SMILES string of the molecule is Cc1cccc(-c2ccc3c(c2)c2cc(-c4cccc(C)c4)ccc2n3-c2ccc(-c3nc(-c4ccccc4)nc(-c4ccccc4)n3)c(-c3cccc(C(F)(F)F)c3)c2)c1. The van der Waals surface area contributed by atoms with Crippen LogP contribution in [-0.2, 0) is 6.18 Å². The summed E-state index contributed by atoms with van der Waals surface area (Å²) in [5.74, 6) is 1.26. The third kappa shape index (κ3) is 7.25. The molecule has 61 heavy (non-hydrogen) atoms. The van der Waals surface area contributed by atoms with E-state index in [0.717, 1.165) is 66.9 Å². The third-order valence-corrected chi connectivity index (χ3v) is 11.2. The van der Waals surface area contributed by atoms with Crippen molar-refractivity contribution in [1.82, 2.24) is 19.5 Å². The molecule has 0 unspecified atom stereocenters. The standard InChI is InChI=1S/C54H37F3N4/c1-34-12-9-18-38(28-34)40-22-26-49-47(31-40)48-32-41(39-19-10-13-35(2)29-39)23-27-50(48)61(49)44-24-25-45(46(33-44)42-20-11-21-43(30-42)54(55,56)57)53-59-51(36-14-5-3-6-15-36)58-52(60-53)37-16-7-4-8-17-37/h3-33H,1-2H3. The fourth-order valence-corrected chi connectivity index (χ4v) is 8.21. The molecule has 0 saturated heterocycles. The lowest BCUT2D eigenvalue weighted by atomic mass is 9.96. The van der Waals surface area contributed by atoms with E-state index in [1.54, 1.807) is 6.07 Å². The highest BCUT2D eigenvalue weighted by Crippen LogP contribution is 2.41. The molecule has 0 spiro atoms. The first-order chi connectivity index (χ1) is 29.7. The van der Waals surface area contributed by atoms with Crippen molar-refractivity contribution in [3.8, 4) is 73.2 Å². The van der Waals surface area contributed by atoms with Gasteiger partial charge in [0.2, 0.25) is 0 Å². The van der Waals surface area contributed by atoms with Crippen molar-refractivity contribution in [2.45, 2.75) is 20.0 Å². The maximum atomic E-state index is 14.4. The molecule has 4 nitrogen and oxygen atoms in total. The summed E-state index contributed by atoms with van der Waals surface area (Å²) in [7, 11) is 0. The van der Waals surface area contributed by atoms with Crippen LogP contribution in [0.5, 0.6) is 0 Å². The molecule has 294 valence electrons. The number of hydrogen-bond donors (Lipinski definition) is 0. The molecular formula is C54H37F3N4. The number of hydrogen-bond acceptors (Lipinski definition) is 3. The molecule has 0 bridgehead atoms. The van der Waals surface area contributed by atoms with E-state index in [4.69, 9.17) is 15.0 Å². The van der Waals surface area contributed by atoms with Gasteiger partial charge in [0, 0.05) is 33.2 Å². The van der Waals surface area contributed by atoms with E-state index in [1.807, 2.05) is 78.9 Å². The van der Waals surface area contributed by atoms with E-state index in [2.05, 4.69) is 103 Å². The summed E-state index contributed by atoms with van der Waals surface area (Å²) in [6.07, 6.45) is -4.54. The molecule has 0 aliphatic carbocycles. The first kappa shape index (κ1) is 37.6. The van der Waals surface area contributed by atoms with E-state index in [1.165, 1.54) is 23.3 Å². The van der Waals surface area contributed by atoms with Gasteiger partial charge in [0.25, 0.3) is 0 Å². The van der Waals surface area contributed by atoms with Gasteiger partial charge in [-0.2, -0.15) is 13.2 Å². The topological polar surface area (TPSA) is 43.6 Å². The smallest absolute Gasteiger partial charge is 0.309 e. The lowest BCUT2D eigenvalue weighted by Crippen LogP contribution is -2.05. The lowest BCUT2D eigenvalue weighted by Gasteiger charge is -2.16. The number of alkyl halides is 3. The van der Waals surface area contributed by atoms with E-state index in [0.29, 0.717) is 34.2 Å². The number of aryl methyl sites for hydroxylation is 2. The minimum Gasteiger partial charge on any atom is -0.309 e. The number of aromatic nitrogens is 4. The van der Waals surface area contributed by atoms with Gasteiger partial charge in [-0.05, 0) is 102 Å². The summed E-state index contributed by atoms with van der Waals surface area (Å²) in [6.45, 7) is 4.19. The molecule has 7 heteroatoms. The van der Waals surface area contributed by atoms with Gasteiger partial charge in [-0.3, -0.25) is 0 Å². The molecule has 10 aromatic rings. The molecule has 10 rings (SSSR count). The summed E-state index contributed by atoms with van der Waals surface area (Å²) < 4.78 is 45.3. The van der Waals surface area contributed by atoms with Crippen LogP contribution in [0.15, 0.2) is 188 Å². The Balaban J connectivity index is 1.23. The van der Waals surface area contributed by atoms with Crippen LogP contribution in [0.2, 0.25) is 0 Å². The van der Waals surface area contributed by atoms with Gasteiger partial charge in [-0.1, -0.05) is 145 Å². The fraction of sp³-hybridized carbons (Fsp3) is 0.0556. The van der Waals surface area contributed by atoms with Gasteiger partial charge in [0.1, 0.15) is 0 Å². The molecule has 2 heterocycles. The Bertz CT molecular complexity index is 3100. The fourth-order valence-electron chi connectivity index (χ4n) is 8.21. The van der Waals surface area contributed by atoms with Crippen LogP contribution in [0.25, 0.3) is 95.0 Å². The Morgan fingerprint density at radius 2 is 0.852 bits per heavy atom. The monoisotopic (exact) mass is 798 g/mol. The van der Waals surface area contributed by atoms with Crippen LogP contribution in [0, 0.1) is 13.8 Å². The van der Waals surface area contributed by atoms with Gasteiger partial charge in [-0.25, -0.2) is 15.0 Å². The van der Waals surface area contributed by atoms with Crippen LogP contribution in [-0.4, -0.2) is 19.5 Å². The van der Waals surface area contributed by atoms with Crippen molar-refractivity contribution in [3.63, 3.8) is 0 Å². The Morgan fingerprint density at radius 3 is 1.38 bits per heavy atom.